The molecule has 0 saturated heterocycles. The van der Waals surface area contributed by atoms with Crippen molar-refractivity contribution in [3.63, 3.8) is 0 Å². The van der Waals surface area contributed by atoms with Crippen LogP contribution >= 0.6 is 11.6 Å². The van der Waals surface area contributed by atoms with Crippen molar-refractivity contribution in [3.05, 3.63) is 40.0 Å². The largest absolute Gasteiger partial charge is 0.478 e. The lowest BCUT2D eigenvalue weighted by Crippen LogP contribution is -2.02. The van der Waals surface area contributed by atoms with Crippen LogP contribution in [0.5, 0.6) is 0 Å². The number of hydrogen-bond donors (Lipinski definition) is 2. The van der Waals surface area contributed by atoms with Crippen LogP contribution < -0.4 is 0 Å². The van der Waals surface area contributed by atoms with E-state index in [1.54, 1.807) is 12.1 Å². The molecule has 0 radical (unpaired) electrons. The van der Waals surface area contributed by atoms with Crippen molar-refractivity contribution in [2.45, 2.75) is 25.4 Å². The maximum atomic E-state index is 13.1. The SMILES string of the molecule is O=C(O)c1c(-c2ccc(Cl)cc2CF)n[nH]c1C1CC1. The molecule has 0 unspecified atom stereocenters. The number of hydrogen-bond acceptors (Lipinski definition) is 2. The number of H-pyrrole nitrogens is 1. The van der Waals surface area contributed by atoms with Gasteiger partial charge in [0.1, 0.15) is 17.9 Å². The molecular formula is C14H12ClFN2O2. The Morgan fingerprint density at radius 2 is 2.25 bits per heavy atom. The molecule has 20 heavy (non-hydrogen) atoms. The zero-order chi connectivity index (χ0) is 14.3. The standard InChI is InChI=1S/C14H12ClFN2O2/c15-9-3-4-10(8(5-9)6-16)13-11(14(19)20)12(17-18-13)7-1-2-7/h3-5,7H,1-2,6H2,(H,17,18)(H,19,20). The summed E-state index contributed by atoms with van der Waals surface area (Å²) in [6, 6.07) is 4.71. The molecule has 0 spiro atoms. The van der Waals surface area contributed by atoms with E-state index in [0.29, 0.717) is 21.8 Å². The maximum absolute atomic E-state index is 13.1. The highest BCUT2D eigenvalue weighted by atomic mass is 35.5. The second-order valence-corrected chi connectivity index (χ2v) is 5.31. The van der Waals surface area contributed by atoms with E-state index < -0.39 is 12.6 Å². The highest BCUT2D eigenvalue weighted by Gasteiger charge is 2.33. The fraction of sp³-hybridized carbons (Fsp3) is 0.286. The van der Waals surface area contributed by atoms with Gasteiger partial charge in [-0.25, -0.2) is 9.18 Å². The molecule has 0 bridgehead atoms. The van der Waals surface area contributed by atoms with Gasteiger partial charge in [-0.2, -0.15) is 5.10 Å². The van der Waals surface area contributed by atoms with E-state index in [-0.39, 0.29) is 17.2 Å². The van der Waals surface area contributed by atoms with Gasteiger partial charge in [0.05, 0.1) is 5.69 Å². The van der Waals surface area contributed by atoms with Crippen molar-refractivity contribution in [2.75, 3.05) is 0 Å². The van der Waals surface area contributed by atoms with Crippen LogP contribution in [-0.4, -0.2) is 21.3 Å². The summed E-state index contributed by atoms with van der Waals surface area (Å²) in [5, 5.41) is 16.7. The molecule has 1 aliphatic carbocycles. The molecule has 2 N–H and O–H groups in total. The molecule has 0 atom stereocenters. The predicted molar refractivity (Wildman–Crippen MR) is 72.8 cm³/mol. The summed E-state index contributed by atoms with van der Waals surface area (Å²) in [5.74, 6) is -0.820. The molecule has 0 amide bonds. The Labute approximate surface area is 119 Å². The number of aromatic carboxylic acids is 1. The quantitative estimate of drug-likeness (QED) is 0.902. The Bertz CT molecular complexity index is 680. The lowest BCUT2D eigenvalue weighted by atomic mass is 10.00. The van der Waals surface area contributed by atoms with Gasteiger partial charge in [0.25, 0.3) is 0 Å². The monoisotopic (exact) mass is 294 g/mol. The van der Waals surface area contributed by atoms with Crippen molar-refractivity contribution in [3.8, 4) is 11.3 Å². The molecule has 2 aromatic rings. The van der Waals surface area contributed by atoms with E-state index in [2.05, 4.69) is 10.2 Å². The van der Waals surface area contributed by atoms with Gasteiger partial charge >= 0.3 is 5.97 Å². The Morgan fingerprint density at radius 1 is 1.50 bits per heavy atom. The lowest BCUT2D eigenvalue weighted by molar-refractivity contribution is 0.0696. The van der Waals surface area contributed by atoms with Crippen LogP contribution in [0.15, 0.2) is 18.2 Å². The summed E-state index contributed by atoms with van der Waals surface area (Å²) in [4.78, 5) is 11.5. The number of aromatic amines is 1. The van der Waals surface area contributed by atoms with E-state index in [1.165, 1.54) is 6.07 Å². The Hall–Kier alpha value is -1.88. The fourth-order valence-corrected chi connectivity index (χ4v) is 2.53. The van der Waals surface area contributed by atoms with Crippen molar-refractivity contribution in [1.82, 2.24) is 10.2 Å². The summed E-state index contributed by atoms with van der Waals surface area (Å²) in [5.41, 5.74) is 1.87. The van der Waals surface area contributed by atoms with E-state index in [4.69, 9.17) is 11.6 Å². The number of rotatable bonds is 4. The summed E-state index contributed by atoms with van der Waals surface area (Å²) >= 11 is 5.84. The molecule has 1 heterocycles. The number of carbonyl (C=O) groups is 1. The number of halogens is 2. The minimum Gasteiger partial charge on any atom is -0.478 e. The second-order valence-electron chi connectivity index (χ2n) is 4.88. The molecule has 3 rings (SSSR count). The number of alkyl halides is 1. The molecule has 104 valence electrons. The molecular weight excluding hydrogens is 283 g/mol. The first kappa shape index (κ1) is 13.1. The summed E-state index contributed by atoms with van der Waals surface area (Å²) in [6.45, 7) is -0.722. The minimum atomic E-state index is -1.05. The number of nitrogens with zero attached hydrogens (tertiary/aromatic N) is 1. The van der Waals surface area contributed by atoms with Gasteiger partial charge in [-0.15, -0.1) is 0 Å². The molecule has 4 nitrogen and oxygen atoms in total. The van der Waals surface area contributed by atoms with Crippen molar-refractivity contribution < 1.29 is 14.3 Å². The van der Waals surface area contributed by atoms with E-state index >= 15 is 0 Å². The fourth-order valence-electron chi connectivity index (χ4n) is 2.34. The average molecular weight is 295 g/mol. The third-order valence-electron chi connectivity index (χ3n) is 3.46. The molecule has 1 aliphatic rings. The normalized spacial score (nSPS) is 14.5. The van der Waals surface area contributed by atoms with Crippen LogP contribution in [0.2, 0.25) is 5.02 Å². The molecule has 1 aromatic heterocycles. The van der Waals surface area contributed by atoms with Crippen LogP contribution in [0.4, 0.5) is 4.39 Å². The highest BCUT2D eigenvalue weighted by molar-refractivity contribution is 6.30. The van der Waals surface area contributed by atoms with Gasteiger partial charge in [-0.05, 0) is 30.5 Å². The molecule has 6 heteroatoms. The van der Waals surface area contributed by atoms with Gasteiger partial charge in [0.15, 0.2) is 0 Å². The first-order chi connectivity index (χ1) is 9.61. The predicted octanol–water partition coefficient (Wildman–Crippen LogP) is 3.78. The number of nitrogens with one attached hydrogen (secondary N) is 1. The lowest BCUT2D eigenvalue weighted by Gasteiger charge is -2.06. The van der Waals surface area contributed by atoms with Crippen molar-refractivity contribution >= 4 is 17.6 Å². The minimum absolute atomic E-state index is 0.143. The van der Waals surface area contributed by atoms with Crippen LogP contribution in [0.3, 0.4) is 0 Å². The summed E-state index contributed by atoms with van der Waals surface area (Å²) in [7, 11) is 0. The smallest absolute Gasteiger partial charge is 0.339 e. The molecule has 1 aromatic carbocycles. The first-order valence-electron chi connectivity index (χ1n) is 6.28. The third-order valence-corrected chi connectivity index (χ3v) is 3.70. The number of benzene rings is 1. The third kappa shape index (κ3) is 2.18. The van der Waals surface area contributed by atoms with Gasteiger partial charge < -0.3 is 5.11 Å². The van der Waals surface area contributed by atoms with E-state index in [9.17, 15) is 14.3 Å². The molecule has 0 aliphatic heterocycles. The molecule has 1 saturated carbocycles. The zero-order valence-electron chi connectivity index (χ0n) is 10.5. The van der Waals surface area contributed by atoms with Gasteiger partial charge in [0.2, 0.25) is 0 Å². The summed E-state index contributed by atoms with van der Waals surface area (Å²) < 4.78 is 13.1. The van der Waals surface area contributed by atoms with E-state index in [1.807, 2.05) is 0 Å². The van der Waals surface area contributed by atoms with E-state index in [0.717, 1.165) is 12.8 Å². The number of aromatic nitrogens is 2. The topological polar surface area (TPSA) is 66.0 Å². The number of carboxylic acid groups (broad SMARTS) is 1. The van der Waals surface area contributed by atoms with Crippen molar-refractivity contribution in [2.24, 2.45) is 0 Å². The first-order valence-corrected chi connectivity index (χ1v) is 6.66. The van der Waals surface area contributed by atoms with Crippen LogP contribution in [0.1, 0.15) is 40.4 Å². The Morgan fingerprint density at radius 3 is 2.85 bits per heavy atom. The van der Waals surface area contributed by atoms with Gasteiger partial charge in [-0.1, -0.05) is 17.7 Å². The maximum Gasteiger partial charge on any atom is 0.339 e. The summed E-state index contributed by atoms with van der Waals surface area (Å²) in [6.07, 6.45) is 1.91. The second kappa shape index (κ2) is 4.90. The van der Waals surface area contributed by atoms with Crippen molar-refractivity contribution in [1.29, 1.82) is 0 Å². The highest BCUT2D eigenvalue weighted by Crippen LogP contribution is 2.43. The Kier molecular flexibility index (Phi) is 3.22. The van der Waals surface area contributed by atoms with Crippen LogP contribution in [0, 0.1) is 0 Å². The Balaban J connectivity index is 2.17. The zero-order valence-corrected chi connectivity index (χ0v) is 11.2. The van der Waals surface area contributed by atoms with Crippen LogP contribution in [-0.2, 0) is 6.67 Å². The van der Waals surface area contributed by atoms with Gasteiger partial charge in [-0.3, -0.25) is 5.10 Å². The van der Waals surface area contributed by atoms with Gasteiger partial charge in [0, 0.05) is 16.5 Å². The number of carboxylic acids is 1. The molecule has 1 fully saturated rings. The van der Waals surface area contributed by atoms with Crippen LogP contribution in [0.25, 0.3) is 11.3 Å². The average Bonchev–Trinajstić information content (AvgIpc) is 3.17.